The number of aromatic nitrogens is 1. The molecule has 0 atom stereocenters. The van der Waals surface area contributed by atoms with Gasteiger partial charge in [-0.05, 0) is 24.3 Å². The summed E-state index contributed by atoms with van der Waals surface area (Å²) >= 11 is 5.86. The molecule has 7 heteroatoms. The number of benzene rings is 1. The van der Waals surface area contributed by atoms with Crippen molar-refractivity contribution >= 4 is 28.7 Å². The van der Waals surface area contributed by atoms with Crippen LogP contribution in [0.15, 0.2) is 36.7 Å². The number of anilines is 3. The minimum Gasteiger partial charge on any atom is -0.387 e. The molecule has 0 saturated carbocycles. The highest BCUT2D eigenvalue weighted by atomic mass is 35.5. The molecule has 0 unspecified atom stereocenters. The van der Waals surface area contributed by atoms with Gasteiger partial charge in [-0.1, -0.05) is 11.6 Å². The molecular weight excluding hydrogens is 291 g/mol. The van der Waals surface area contributed by atoms with Gasteiger partial charge in [-0.15, -0.1) is 0 Å². The molecule has 0 amide bonds. The predicted octanol–water partition coefficient (Wildman–Crippen LogP) is 4.54. The van der Waals surface area contributed by atoms with Gasteiger partial charge < -0.3 is 10.6 Å². The fraction of sp³-hybridized carbons (Fsp3) is 0.154. The molecule has 20 heavy (non-hydrogen) atoms. The second-order valence-electron chi connectivity index (χ2n) is 4.03. The molecule has 0 spiro atoms. The predicted molar refractivity (Wildman–Crippen MR) is 73.5 cm³/mol. The third-order valence-electron chi connectivity index (χ3n) is 2.60. The van der Waals surface area contributed by atoms with Gasteiger partial charge in [0.15, 0.2) is 0 Å². The Labute approximate surface area is 118 Å². The monoisotopic (exact) mass is 301 g/mol. The van der Waals surface area contributed by atoms with Gasteiger partial charge >= 0.3 is 6.18 Å². The van der Waals surface area contributed by atoms with Crippen molar-refractivity contribution in [3.8, 4) is 0 Å². The molecule has 0 aliphatic heterocycles. The molecule has 2 aromatic rings. The van der Waals surface area contributed by atoms with Crippen LogP contribution in [0.25, 0.3) is 0 Å². The summed E-state index contributed by atoms with van der Waals surface area (Å²) in [4.78, 5) is 3.99. The molecular formula is C13H11ClF3N3. The highest BCUT2D eigenvalue weighted by Gasteiger charge is 2.30. The zero-order chi connectivity index (χ0) is 14.8. The minimum atomic E-state index is -4.41. The number of nitrogens with zero attached hydrogens (tertiary/aromatic N) is 1. The molecule has 0 saturated heterocycles. The summed E-state index contributed by atoms with van der Waals surface area (Å²) in [6, 6.07) is 4.92. The Balaban J connectivity index is 2.25. The molecule has 2 N–H and O–H groups in total. The van der Waals surface area contributed by atoms with Crippen molar-refractivity contribution in [2.24, 2.45) is 0 Å². The van der Waals surface area contributed by atoms with Crippen LogP contribution in [0.2, 0.25) is 5.02 Å². The fourth-order valence-electron chi connectivity index (χ4n) is 1.59. The maximum absolute atomic E-state index is 12.5. The van der Waals surface area contributed by atoms with Gasteiger partial charge in [-0.3, -0.25) is 4.98 Å². The maximum atomic E-state index is 12.5. The highest BCUT2D eigenvalue weighted by Crippen LogP contribution is 2.34. The van der Waals surface area contributed by atoms with E-state index in [1.54, 1.807) is 25.5 Å². The Bertz CT molecular complexity index is 614. The number of hydrogen-bond donors (Lipinski definition) is 2. The lowest BCUT2D eigenvalue weighted by atomic mass is 10.2. The molecule has 3 nitrogen and oxygen atoms in total. The van der Waals surface area contributed by atoms with E-state index < -0.39 is 11.7 Å². The highest BCUT2D eigenvalue weighted by molar-refractivity contribution is 6.33. The zero-order valence-corrected chi connectivity index (χ0v) is 11.2. The average molecular weight is 302 g/mol. The van der Waals surface area contributed by atoms with Crippen LogP contribution >= 0.6 is 11.6 Å². The maximum Gasteiger partial charge on any atom is 0.416 e. The van der Waals surface area contributed by atoms with Crippen molar-refractivity contribution in [1.82, 2.24) is 4.98 Å². The number of nitrogens with one attached hydrogen (secondary N) is 2. The van der Waals surface area contributed by atoms with E-state index in [0.29, 0.717) is 11.4 Å². The Kier molecular flexibility index (Phi) is 4.04. The Morgan fingerprint density at radius 2 is 1.80 bits per heavy atom. The number of hydrogen-bond acceptors (Lipinski definition) is 3. The van der Waals surface area contributed by atoms with Gasteiger partial charge in [0.25, 0.3) is 0 Å². The number of alkyl halides is 3. The average Bonchev–Trinajstić information content (AvgIpc) is 2.40. The van der Waals surface area contributed by atoms with Gasteiger partial charge in [0.2, 0.25) is 0 Å². The second-order valence-corrected chi connectivity index (χ2v) is 4.44. The van der Waals surface area contributed by atoms with Gasteiger partial charge in [0.05, 0.1) is 40.0 Å². The van der Waals surface area contributed by atoms with Gasteiger partial charge in [-0.25, -0.2) is 0 Å². The lowest BCUT2D eigenvalue weighted by molar-refractivity contribution is -0.137. The lowest BCUT2D eigenvalue weighted by Gasteiger charge is -2.12. The summed E-state index contributed by atoms with van der Waals surface area (Å²) in [5, 5.41) is 5.83. The van der Waals surface area contributed by atoms with Crippen LogP contribution in [-0.4, -0.2) is 12.0 Å². The molecule has 0 fully saturated rings. The molecule has 1 heterocycles. The van der Waals surface area contributed by atoms with Crippen molar-refractivity contribution in [3.63, 3.8) is 0 Å². The summed E-state index contributed by atoms with van der Waals surface area (Å²) in [5.41, 5.74) is 1.00. The van der Waals surface area contributed by atoms with Crippen LogP contribution in [-0.2, 0) is 6.18 Å². The molecule has 0 aliphatic carbocycles. The largest absolute Gasteiger partial charge is 0.416 e. The van der Waals surface area contributed by atoms with E-state index in [-0.39, 0.29) is 5.02 Å². The van der Waals surface area contributed by atoms with Crippen LogP contribution < -0.4 is 10.6 Å². The van der Waals surface area contributed by atoms with Gasteiger partial charge in [0, 0.05) is 7.05 Å². The Morgan fingerprint density at radius 3 is 2.40 bits per heavy atom. The van der Waals surface area contributed by atoms with Crippen LogP contribution in [0.5, 0.6) is 0 Å². The third kappa shape index (κ3) is 3.33. The Morgan fingerprint density at radius 1 is 1.10 bits per heavy atom. The number of pyridine rings is 1. The van der Waals surface area contributed by atoms with Crippen molar-refractivity contribution in [1.29, 1.82) is 0 Å². The second kappa shape index (κ2) is 5.58. The van der Waals surface area contributed by atoms with E-state index in [4.69, 9.17) is 11.6 Å². The molecule has 1 aromatic carbocycles. The molecule has 106 valence electrons. The van der Waals surface area contributed by atoms with Crippen LogP contribution in [0.3, 0.4) is 0 Å². The van der Waals surface area contributed by atoms with Crippen LogP contribution in [0, 0.1) is 0 Å². The van der Waals surface area contributed by atoms with Crippen LogP contribution in [0.1, 0.15) is 5.56 Å². The van der Waals surface area contributed by atoms with E-state index in [0.717, 1.165) is 17.8 Å². The van der Waals surface area contributed by atoms with Crippen molar-refractivity contribution in [2.45, 2.75) is 6.18 Å². The quantitative estimate of drug-likeness (QED) is 0.874. The Hall–Kier alpha value is -1.95. The first kappa shape index (κ1) is 14.5. The van der Waals surface area contributed by atoms with Gasteiger partial charge in [-0.2, -0.15) is 13.2 Å². The zero-order valence-electron chi connectivity index (χ0n) is 10.4. The summed E-state index contributed by atoms with van der Waals surface area (Å²) < 4.78 is 37.6. The normalized spacial score (nSPS) is 11.2. The number of rotatable bonds is 3. The van der Waals surface area contributed by atoms with E-state index in [2.05, 4.69) is 15.6 Å². The minimum absolute atomic E-state index is 0.00492. The molecule has 1 aromatic heterocycles. The molecule has 0 radical (unpaired) electrons. The number of halogens is 4. The summed E-state index contributed by atoms with van der Waals surface area (Å²) in [6.45, 7) is 0. The first-order chi connectivity index (χ1) is 9.40. The van der Waals surface area contributed by atoms with E-state index >= 15 is 0 Å². The summed E-state index contributed by atoms with van der Waals surface area (Å²) in [5.74, 6) is 0. The van der Waals surface area contributed by atoms with Gasteiger partial charge in [0.1, 0.15) is 0 Å². The SMILES string of the molecule is CNc1cncc(Nc2ccc(C(F)(F)F)cc2Cl)c1. The lowest BCUT2D eigenvalue weighted by Crippen LogP contribution is -2.05. The van der Waals surface area contributed by atoms with E-state index in [9.17, 15) is 13.2 Å². The summed E-state index contributed by atoms with van der Waals surface area (Å²) in [7, 11) is 1.74. The molecule has 0 aliphatic rings. The van der Waals surface area contributed by atoms with Crippen molar-refractivity contribution in [2.75, 3.05) is 17.7 Å². The van der Waals surface area contributed by atoms with Crippen LogP contribution in [0.4, 0.5) is 30.2 Å². The topological polar surface area (TPSA) is 37.0 Å². The summed E-state index contributed by atoms with van der Waals surface area (Å²) in [6.07, 6.45) is -1.23. The first-order valence-corrected chi connectivity index (χ1v) is 6.04. The van der Waals surface area contributed by atoms with E-state index in [1.807, 2.05) is 0 Å². The third-order valence-corrected chi connectivity index (χ3v) is 2.92. The molecule has 2 rings (SSSR count). The smallest absolute Gasteiger partial charge is 0.387 e. The standard InChI is InChI=1S/C13H11ClF3N3/c1-18-9-5-10(7-19-6-9)20-12-3-2-8(4-11(12)14)13(15,16)17/h2-7,18,20H,1H3. The first-order valence-electron chi connectivity index (χ1n) is 5.67. The van der Waals surface area contributed by atoms with Crippen molar-refractivity contribution < 1.29 is 13.2 Å². The van der Waals surface area contributed by atoms with Crippen molar-refractivity contribution in [3.05, 3.63) is 47.2 Å². The fourth-order valence-corrected chi connectivity index (χ4v) is 1.82. The van der Waals surface area contributed by atoms with E-state index in [1.165, 1.54) is 6.07 Å². The molecule has 0 bridgehead atoms.